The molecule has 0 fully saturated rings. The molecule has 0 aliphatic heterocycles. The first-order valence-corrected chi connectivity index (χ1v) is 43.1. The van der Waals surface area contributed by atoms with E-state index < -0.39 is 0 Å². The van der Waals surface area contributed by atoms with Crippen molar-refractivity contribution < 1.29 is 0 Å². The van der Waals surface area contributed by atoms with Crippen LogP contribution in [0.5, 0.6) is 0 Å². The topological polar surface area (TPSA) is 12.4 Å². The number of nitrogens with zero attached hydrogens (tertiary/aromatic N) is 1. The average molecular weight is 1540 g/mol. The van der Waals surface area contributed by atoms with Gasteiger partial charge in [0.15, 0.2) is 0 Å². The summed E-state index contributed by atoms with van der Waals surface area (Å²) < 4.78 is 5.10. The minimum absolute atomic E-state index is 1.20. The van der Waals surface area contributed by atoms with Gasteiger partial charge in [-0.3, -0.25) is 0 Å². The molecule has 0 saturated carbocycles. The maximum atomic E-state index is 4.34. The Morgan fingerprint density at radius 1 is 0.303 bits per heavy atom. The van der Waals surface area contributed by atoms with E-state index >= 15 is 0 Å². The number of hydrogen-bond donors (Lipinski definition) is 1. The Bertz CT molecular complexity index is 3800. The first kappa shape index (κ1) is 69.4. The number of aryl methyl sites for hydroxylation is 4. The predicted molar refractivity (Wildman–Crippen MR) is 426 cm³/mol. The fourth-order valence-electron chi connectivity index (χ4n) is 10.5. The van der Waals surface area contributed by atoms with Gasteiger partial charge in [0.05, 0.1) is 7.57 Å². The Morgan fingerprint density at radius 2 is 0.562 bits per heavy atom. The Balaban J connectivity index is 0.000000188. The van der Waals surface area contributed by atoms with Gasteiger partial charge in [0, 0.05) is 131 Å². The second-order valence-corrected chi connectivity index (χ2v) is 37.9. The molecule has 1 nitrogen and oxygen atoms in total. The summed E-state index contributed by atoms with van der Waals surface area (Å²) in [4.78, 5) is 28.0. The van der Waals surface area contributed by atoms with Crippen LogP contribution in [0.1, 0.15) is 150 Å². The molecule has 0 amide bonds. The molecule has 0 bridgehead atoms. The van der Waals surface area contributed by atoms with Crippen molar-refractivity contribution in [1.82, 2.24) is 0 Å². The van der Waals surface area contributed by atoms with Crippen LogP contribution in [0.25, 0.3) is 100 Å². The number of thiol groups is 1. The molecule has 0 aliphatic carbocycles. The molecular weight excluding hydrogens is 1470 g/mol. The Hall–Kier alpha value is -2.43. The van der Waals surface area contributed by atoms with Gasteiger partial charge in [0.25, 0.3) is 0 Å². The maximum absolute atomic E-state index is 4.34. The summed E-state index contributed by atoms with van der Waals surface area (Å²) in [6.45, 7) is 9.12. The van der Waals surface area contributed by atoms with E-state index in [4.69, 9.17) is 0 Å². The van der Waals surface area contributed by atoms with Gasteiger partial charge in [-0.2, -0.15) is 0 Å². The van der Waals surface area contributed by atoms with Crippen molar-refractivity contribution in [3.8, 4) is 100 Å². The summed E-state index contributed by atoms with van der Waals surface area (Å²) in [5.41, 5.74) is 5.29. The van der Waals surface area contributed by atoms with Crippen molar-refractivity contribution in [3.63, 3.8) is 0 Å². The van der Waals surface area contributed by atoms with Crippen molar-refractivity contribution in [2.45, 2.75) is 156 Å². The molecule has 0 aliphatic rings. The summed E-state index contributed by atoms with van der Waals surface area (Å²) in [6.07, 6.45) is 26.1. The molecule has 89 heavy (non-hydrogen) atoms. The Labute approximate surface area is 601 Å². The van der Waals surface area contributed by atoms with E-state index in [0.717, 1.165) is 0 Å². The van der Waals surface area contributed by atoms with Gasteiger partial charge < -0.3 is 0 Å². The van der Waals surface area contributed by atoms with E-state index in [0.29, 0.717) is 0 Å². The van der Waals surface area contributed by atoms with Crippen LogP contribution < -0.4 is 0 Å². The monoisotopic (exact) mass is 1540 g/mol. The van der Waals surface area contributed by atoms with Gasteiger partial charge in [0.2, 0.25) is 0 Å². The second-order valence-electron chi connectivity index (χ2n) is 22.1. The van der Waals surface area contributed by atoms with E-state index in [1.54, 1.807) is 0 Å². The van der Waals surface area contributed by atoms with Crippen molar-refractivity contribution in [3.05, 3.63) is 159 Å². The summed E-state index contributed by atoms with van der Waals surface area (Å²) >= 11 is 34.0. The molecule has 1 radical (unpaired) electrons. The van der Waals surface area contributed by atoms with E-state index in [9.17, 15) is 0 Å². The molecule has 0 N–H and O–H groups in total. The molecule has 463 valence electrons. The van der Waals surface area contributed by atoms with Crippen LogP contribution in [-0.4, -0.2) is 7.64 Å². The third-order valence-corrected chi connectivity index (χ3v) is 31.1. The molecule has 0 atom stereocenters. The molecule has 12 heterocycles. The first-order chi connectivity index (χ1) is 43.6. The predicted octanol–water partition coefficient (Wildman–Crippen LogP) is 31.0. The molecule has 0 aromatic carbocycles. The first-order valence-electron chi connectivity index (χ1n) is 31.2. The SMILES string of the molecule is CCCCCCc1ccc(-c2ccc(-c3cc(-c4cc(-c5ccc(-c6ccc(CCCCCC)s6)s5)c(Br)s4)sc3Br)s2)s1.CCCCCCc1ccc(-c2ccc(-c3csc(-c4cc(-c5ccc(-c6ccc(CCCCCC)s6)s5)cs4)c3)s2)s1.[B]=NS. The quantitative estimate of drug-likeness (QED) is 0.0262. The summed E-state index contributed by atoms with van der Waals surface area (Å²) in [6, 6.07) is 46.5. The normalized spacial score (nSPS) is 11.3. The van der Waals surface area contributed by atoms with Crippen LogP contribution in [0.4, 0.5) is 0 Å². The Kier molecular flexibility index (Phi) is 28.0. The molecule has 0 spiro atoms. The molecule has 17 heteroatoms. The third kappa shape index (κ3) is 19.4. The number of halogens is 2. The van der Waals surface area contributed by atoms with Crippen LogP contribution in [-0.2, 0) is 25.7 Å². The number of rotatable bonds is 30. The summed E-state index contributed by atoms with van der Waals surface area (Å²) in [7, 11) is 4.34. The van der Waals surface area contributed by atoms with Crippen molar-refractivity contribution in [1.29, 1.82) is 0 Å². The molecule has 0 saturated heterocycles. The molecule has 0 unspecified atom stereocenters. The van der Waals surface area contributed by atoms with E-state index in [2.05, 4.69) is 216 Å². The zero-order chi connectivity index (χ0) is 61.9. The van der Waals surface area contributed by atoms with Gasteiger partial charge in [-0.25, -0.2) is 0 Å². The zero-order valence-electron chi connectivity index (χ0n) is 51.0. The molecule has 12 aromatic rings. The second kappa shape index (κ2) is 35.9. The molecular formula is C72H75BBr2NS13. The standard InChI is InChI=1S/C36H36Br2S6.C36H38S6.BHNS/c1-3-5-7-9-11-23-13-15-29(39-23)31-19-17-27(41-31)25-21-33(43-35(25)37)34-22-26(36(38)44-34)28-18-20-32(42-28)30-16-14-24(40-30)12-10-8-6-4-2;1-3-5-7-9-11-27-13-15-31(39-27)33-19-17-29(41-33)25-21-35(37-23-25)36-22-26(24-38-36)30-18-20-34(42-30)32-16-14-28(40-32)12-10-8-6-4-2;1-2-3/h13-22H,3-12H2,1-2H3;13-24H,3-12H2,1-2H3;3H. The zero-order valence-corrected chi connectivity index (χ0v) is 64.8. The van der Waals surface area contributed by atoms with Gasteiger partial charge in [-0.05, 0) is 205 Å². The van der Waals surface area contributed by atoms with Gasteiger partial charge in [-0.15, -0.1) is 136 Å². The number of unbranched alkanes of at least 4 members (excludes halogenated alkanes) is 12. The summed E-state index contributed by atoms with van der Waals surface area (Å²) in [5.74, 6) is 0. The van der Waals surface area contributed by atoms with Crippen LogP contribution in [0.3, 0.4) is 0 Å². The van der Waals surface area contributed by atoms with E-state index in [1.165, 1.54) is 256 Å². The Morgan fingerprint density at radius 3 is 0.865 bits per heavy atom. The fraction of sp³-hybridized carbons (Fsp3) is 0.333. The van der Waals surface area contributed by atoms with Crippen molar-refractivity contribution in [2.75, 3.05) is 0 Å². The molecule has 12 aromatic heterocycles. The number of thiophene rings is 12. The van der Waals surface area contributed by atoms with Crippen molar-refractivity contribution >= 4 is 188 Å². The van der Waals surface area contributed by atoms with Crippen LogP contribution in [0, 0.1) is 0 Å². The van der Waals surface area contributed by atoms with Crippen LogP contribution >= 0.6 is 181 Å². The van der Waals surface area contributed by atoms with Gasteiger partial charge in [-0.1, -0.05) is 105 Å². The van der Waals surface area contributed by atoms with Crippen molar-refractivity contribution in [2.24, 2.45) is 4.30 Å². The fourth-order valence-corrected chi connectivity index (χ4v) is 25.1. The minimum atomic E-state index is 1.20. The van der Waals surface area contributed by atoms with Crippen LogP contribution in [0.2, 0.25) is 0 Å². The van der Waals surface area contributed by atoms with E-state index in [-0.39, 0.29) is 0 Å². The van der Waals surface area contributed by atoms with Gasteiger partial charge in [0.1, 0.15) is 0 Å². The third-order valence-electron chi connectivity index (χ3n) is 15.3. The van der Waals surface area contributed by atoms with E-state index in [1.807, 2.05) is 136 Å². The van der Waals surface area contributed by atoms with Gasteiger partial charge >= 0.3 is 24.8 Å². The summed E-state index contributed by atoms with van der Waals surface area (Å²) in [5, 5.41) is 4.66. The number of hydrogen-bond acceptors (Lipinski definition) is 14. The van der Waals surface area contributed by atoms with Crippen LogP contribution in [0.15, 0.2) is 144 Å². The average Bonchev–Trinajstić information content (AvgIpc) is 1.96. The molecule has 12 rings (SSSR count).